The molecule has 1 atom stereocenters. The molecule has 1 fully saturated rings. The van der Waals surface area contributed by atoms with Gasteiger partial charge in [0.15, 0.2) is 0 Å². The summed E-state index contributed by atoms with van der Waals surface area (Å²) in [6, 6.07) is 8.92. The van der Waals surface area contributed by atoms with Gasteiger partial charge in [0.1, 0.15) is 6.04 Å². The van der Waals surface area contributed by atoms with Gasteiger partial charge in [-0.15, -0.1) is 0 Å². The van der Waals surface area contributed by atoms with E-state index >= 15 is 0 Å². The van der Waals surface area contributed by atoms with Gasteiger partial charge in [0.2, 0.25) is 5.91 Å². The highest BCUT2D eigenvalue weighted by Crippen LogP contribution is 2.23. The van der Waals surface area contributed by atoms with E-state index in [4.69, 9.17) is 4.74 Å². The van der Waals surface area contributed by atoms with Crippen LogP contribution in [0.4, 0.5) is 0 Å². The monoisotopic (exact) mass is 382 g/mol. The van der Waals surface area contributed by atoms with Gasteiger partial charge in [0.25, 0.3) is 5.91 Å². The summed E-state index contributed by atoms with van der Waals surface area (Å²) in [6.07, 6.45) is 3.63. The van der Waals surface area contributed by atoms with E-state index in [-0.39, 0.29) is 11.8 Å². The molecule has 2 aromatic rings. The largest absolute Gasteiger partial charge is 0.381 e. The van der Waals surface area contributed by atoms with Crippen LogP contribution in [0.1, 0.15) is 40.5 Å². The average Bonchev–Trinajstić information content (AvgIpc) is 3.20. The Hall–Kier alpha value is -2.67. The zero-order valence-corrected chi connectivity index (χ0v) is 16.1. The number of fused-ring (bicyclic) bond motifs is 1. The van der Waals surface area contributed by atoms with Gasteiger partial charge in [-0.25, -0.2) is 0 Å². The fraction of sp³-hybridized carbons (Fsp3) is 0.476. The lowest BCUT2D eigenvalue weighted by Gasteiger charge is -2.33. The molecule has 1 saturated heterocycles. The standard InChI is InChI=1S/C21H26N4O3/c1-15-3-2-4-17(11-15)21(27)24-13-18-5-8-23-25(18)19(14-24)20(26)22-12-16-6-9-28-10-7-16/h2-5,8,11,16,19H,6-7,9-10,12-14H2,1H3,(H,22,26). The van der Waals surface area contributed by atoms with Crippen LogP contribution < -0.4 is 5.32 Å². The van der Waals surface area contributed by atoms with Crippen molar-refractivity contribution in [2.24, 2.45) is 5.92 Å². The fourth-order valence-corrected chi connectivity index (χ4v) is 3.92. The molecule has 7 nitrogen and oxygen atoms in total. The number of benzene rings is 1. The number of rotatable bonds is 4. The second-order valence-electron chi connectivity index (χ2n) is 7.64. The van der Waals surface area contributed by atoms with Crippen molar-refractivity contribution in [2.45, 2.75) is 32.4 Å². The van der Waals surface area contributed by atoms with Crippen LogP contribution in [0, 0.1) is 12.8 Å². The lowest BCUT2D eigenvalue weighted by molar-refractivity contribution is -0.126. The molecule has 3 heterocycles. The van der Waals surface area contributed by atoms with Crippen molar-refractivity contribution in [1.29, 1.82) is 0 Å². The molecular formula is C21H26N4O3. The Morgan fingerprint density at radius 1 is 1.25 bits per heavy atom. The minimum Gasteiger partial charge on any atom is -0.381 e. The predicted octanol–water partition coefficient (Wildman–Crippen LogP) is 1.93. The van der Waals surface area contributed by atoms with Crippen LogP contribution >= 0.6 is 0 Å². The first kappa shape index (κ1) is 18.7. The first-order chi connectivity index (χ1) is 13.6. The number of carbonyl (C=O) groups excluding carboxylic acids is 2. The van der Waals surface area contributed by atoms with Crippen molar-refractivity contribution in [2.75, 3.05) is 26.3 Å². The van der Waals surface area contributed by atoms with Crippen molar-refractivity contribution >= 4 is 11.8 Å². The number of carbonyl (C=O) groups is 2. The molecule has 2 aliphatic heterocycles. The first-order valence-corrected chi connectivity index (χ1v) is 9.85. The number of aryl methyl sites for hydroxylation is 1. The zero-order chi connectivity index (χ0) is 19.5. The van der Waals surface area contributed by atoms with Gasteiger partial charge in [-0.1, -0.05) is 17.7 Å². The van der Waals surface area contributed by atoms with Gasteiger partial charge < -0.3 is 15.0 Å². The van der Waals surface area contributed by atoms with Crippen LogP contribution in [0.2, 0.25) is 0 Å². The van der Waals surface area contributed by atoms with Gasteiger partial charge >= 0.3 is 0 Å². The summed E-state index contributed by atoms with van der Waals surface area (Å²) in [5, 5.41) is 7.40. The number of nitrogens with zero attached hydrogens (tertiary/aromatic N) is 3. The Bertz CT molecular complexity index is 857. The van der Waals surface area contributed by atoms with Crippen LogP contribution in [0.5, 0.6) is 0 Å². The number of nitrogens with one attached hydrogen (secondary N) is 1. The number of hydrogen-bond acceptors (Lipinski definition) is 4. The summed E-state index contributed by atoms with van der Waals surface area (Å²) in [7, 11) is 0. The molecule has 1 aromatic carbocycles. The Kier molecular flexibility index (Phi) is 5.43. The summed E-state index contributed by atoms with van der Waals surface area (Å²) < 4.78 is 7.13. The minimum atomic E-state index is -0.507. The van der Waals surface area contributed by atoms with Crippen LogP contribution in [0.15, 0.2) is 36.5 Å². The molecule has 0 spiro atoms. The van der Waals surface area contributed by atoms with E-state index in [1.54, 1.807) is 15.8 Å². The van der Waals surface area contributed by atoms with Crippen LogP contribution in [0.3, 0.4) is 0 Å². The lowest BCUT2D eigenvalue weighted by Crippen LogP contribution is -2.47. The maximum Gasteiger partial charge on any atom is 0.254 e. The third kappa shape index (κ3) is 3.94. The van der Waals surface area contributed by atoms with Gasteiger partial charge in [-0.3, -0.25) is 14.3 Å². The third-order valence-electron chi connectivity index (χ3n) is 5.55. The van der Waals surface area contributed by atoms with Crippen LogP contribution in [0.25, 0.3) is 0 Å². The van der Waals surface area contributed by atoms with Gasteiger partial charge in [-0.05, 0) is 43.9 Å². The molecule has 7 heteroatoms. The second kappa shape index (κ2) is 8.14. The molecule has 0 saturated carbocycles. The van der Waals surface area contributed by atoms with Crippen LogP contribution in [-0.2, 0) is 16.1 Å². The number of aromatic nitrogens is 2. The van der Waals surface area contributed by atoms with E-state index in [1.165, 1.54) is 0 Å². The van der Waals surface area contributed by atoms with Crippen LogP contribution in [-0.4, -0.2) is 52.8 Å². The predicted molar refractivity (Wildman–Crippen MR) is 104 cm³/mol. The molecule has 148 valence electrons. The summed E-state index contributed by atoms with van der Waals surface area (Å²) in [5.41, 5.74) is 2.56. The van der Waals surface area contributed by atoms with Gasteiger partial charge in [-0.2, -0.15) is 5.10 Å². The van der Waals surface area contributed by atoms with Crippen molar-refractivity contribution in [3.63, 3.8) is 0 Å². The topological polar surface area (TPSA) is 76.5 Å². The van der Waals surface area contributed by atoms with Crippen molar-refractivity contribution in [3.8, 4) is 0 Å². The molecule has 1 unspecified atom stereocenters. The molecular weight excluding hydrogens is 356 g/mol. The molecule has 2 aliphatic rings. The molecule has 0 aliphatic carbocycles. The van der Waals surface area contributed by atoms with Crippen molar-refractivity contribution in [3.05, 3.63) is 53.3 Å². The highest BCUT2D eigenvalue weighted by atomic mass is 16.5. The normalized spacial score (nSPS) is 19.9. The molecule has 1 N–H and O–H groups in total. The Morgan fingerprint density at radius 2 is 2.07 bits per heavy atom. The highest BCUT2D eigenvalue weighted by molar-refractivity contribution is 5.95. The smallest absolute Gasteiger partial charge is 0.254 e. The summed E-state index contributed by atoms with van der Waals surface area (Å²) in [4.78, 5) is 27.7. The lowest BCUT2D eigenvalue weighted by atomic mass is 10.0. The number of amides is 2. The highest BCUT2D eigenvalue weighted by Gasteiger charge is 2.33. The Labute approximate surface area is 164 Å². The Morgan fingerprint density at radius 3 is 2.86 bits per heavy atom. The molecule has 2 amide bonds. The van der Waals surface area contributed by atoms with Crippen molar-refractivity contribution in [1.82, 2.24) is 20.0 Å². The zero-order valence-electron chi connectivity index (χ0n) is 16.1. The SMILES string of the molecule is Cc1cccc(C(=O)N2Cc3ccnn3C(C(=O)NCC3CCOCC3)C2)c1. The summed E-state index contributed by atoms with van der Waals surface area (Å²) in [5.74, 6) is 0.306. The number of hydrogen-bond donors (Lipinski definition) is 1. The van der Waals surface area contributed by atoms with E-state index in [9.17, 15) is 9.59 Å². The van der Waals surface area contributed by atoms with E-state index in [2.05, 4.69) is 10.4 Å². The quantitative estimate of drug-likeness (QED) is 0.877. The van der Waals surface area contributed by atoms with E-state index in [0.29, 0.717) is 31.1 Å². The van der Waals surface area contributed by atoms with Gasteiger partial charge in [0.05, 0.1) is 18.8 Å². The number of ether oxygens (including phenoxy) is 1. The molecule has 0 bridgehead atoms. The van der Waals surface area contributed by atoms with Gasteiger partial charge in [0, 0.05) is 31.5 Å². The molecule has 4 rings (SSSR count). The van der Waals surface area contributed by atoms with E-state index in [1.807, 2.05) is 37.3 Å². The molecule has 0 radical (unpaired) electrons. The Balaban J connectivity index is 1.47. The second-order valence-corrected chi connectivity index (χ2v) is 7.64. The first-order valence-electron chi connectivity index (χ1n) is 9.85. The average molecular weight is 382 g/mol. The van der Waals surface area contributed by atoms with Crippen molar-refractivity contribution < 1.29 is 14.3 Å². The summed E-state index contributed by atoms with van der Waals surface area (Å²) >= 11 is 0. The molecule has 28 heavy (non-hydrogen) atoms. The van der Waals surface area contributed by atoms with E-state index in [0.717, 1.165) is 37.3 Å². The summed E-state index contributed by atoms with van der Waals surface area (Å²) in [6.45, 7) is 4.89. The fourth-order valence-electron chi connectivity index (χ4n) is 3.92. The van der Waals surface area contributed by atoms with E-state index < -0.39 is 6.04 Å². The maximum atomic E-state index is 13.0. The molecule has 1 aromatic heterocycles. The minimum absolute atomic E-state index is 0.0571. The maximum absolute atomic E-state index is 13.0. The third-order valence-corrected chi connectivity index (χ3v) is 5.55.